The Morgan fingerprint density at radius 3 is 2.42 bits per heavy atom. The first-order chi connectivity index (χ1) is 9.24. The summed E-state index contributed by atoms with van der Waals surface area (Å²) < 4.78 is 1.95. The minimum absolute atomic E-state index is 1.04. The SMILES string of the molecule is Cc1cccc(-n2cc(C)c(-c3ccccc3)n2)c1. The lowest BCUT2D eigenvalue weighted by Crippen LogP contribution is -1.95. The van der Waals surface area contributed by atoms with E-state index in [1.54, 1.807) is 0 Å². The Labute approximate surface area is 113 Å². The predicted molar refractivity (Wildman–Crippen MR) is 78.5 cm³/mol. The number of nitrogens with zero attached hydrogens (tertiary/aromatic N) is 2. The molecule has 1 heterocycles. The van der Waals surface area contributed by atoms with Crippen molar-refractivity contribution in [3.05, 3.63) is 71.9 Å². The van der Waals surface area contributed by atoms with Gasteiger partial charge in [-0.05, 0) is 37.1 Å². The summed E-state index contributed by atoms with van der Waals surface area (Å²) in [6.07, 6.45) is 2.08. The molecule has 0 atom stereocenters. The van der Waals surface area contributed by atoms with Gasteiger partial charge in [0.15, 0.2) is 0 Å². The van der Waals surface area contributed by atoms with E-state index in [2.05, 4.69) is 56.4 Å². The summed E-state index contributed by atoms with van der Waals surface area (Å²) in [6.45, 7) is 4.19. The van der Waals surface area contributed by atoms with Crippen LogP contribution in [-0.4, -0.2) is 9.78 Å². The molecule has 3 rings (SSSR count). The van der Waals surface area contributed by atoms with Crippen LogP contribution in [0.3, 0.4) is 0 Å². The molecule has 0 saturated carbocycles. The van der Waals surface area contributed by atoms with Crippen LogP contribution < -0.4 is 0 Å². The molecular weight excluding hydrogens is 232 g/mol. The summed E-state index contributed by atoms with van der Waals surface area (Å²) >= 11 is 0. The third-order valence-electron chi connectivity index (χ3n) is 3.21. The molecule has 0 radical (unpaired) electrons. The molecule has 2 heteroatoms. The minimum atomic E-state index is 1.04. The summed E-state index contributed by atoms with van der Waals surface area (Å²) in [6, 6.07) is 18.7. The van der Waals surface area contributed by atoms with Gasteiger partial charge in [0.1, 0.15) is 0 Å². The summed E-state index contributed by atoms with van der Waals surface area (Å²) in [7, 11) is 0. The predicted octanol–water partition coefficient (Wildman–Crippen LogP) is 4.16. The Kier molecular flexibility index (Phi) is 2.92. The first-order valence-electron chi connectivity index (χ1n) is 6.43. The fraction of sp³-hybridized carbons (Fsp3) is 0.118. The number of rotatable bonds is 2. The molecule has 0 bridgehead atoms. The first-order valence-corrected chi connectivity index (χ1v) is 6.43. The maximum Gasteiger partial charge on any atom is 0.0956 e. The Balaban J connectivity index is 2.07. The van der Waals surface area contributed by atoms with Crippen molar-refractivity contribution < 1.29 is 0 Å². The molecule has 2 aromatic carbocycles. The minimum Gasteiger partial charge on any atom is -0.240 e. The van der Waals surface area contributed by atoms with E-state index in [0.717, 1.165) is 16.9 Å². The maximum atomic E-state index is 4.71. The van der Waals surface area contributed by atoms with Crippen LogP contribution in [0, 0.1) is 13.8 Å². The highest BCUT2D eigenvalue weighted by Gasteiger charge is 2.08. The summed E-state index contributed by atoms with van der Waals surface area (Å²) in [5.41, 5.74) is 5.73. The lowest BCUT2D eigenvalue weighted by molar-refractivity contribution is 0.882. The van der Waals surface area contributed by atoms with Gasteiger partial charge in [0.05, 0.1) is 11.4 Å². The fourth-order valence-corrected chi connectivity index (χ4v) is 2.24. The van der Waals surface area contributed by atoms with Crippen LogP contribution in [-0.2, 0) is 0 Å². The van der Waals surface area contributed by atoms with Gasteiger partial charge in [-0.25, -0.2) is 4.68 Å². The van der Waals surface area contributed by atoms with Gasteiger partial charge in [0.25, 0.3) is 0 Å². The Morgan fingerprint density at radius 1 is 0.895 bits per heavy atom. The Hall–Kier alpha value is -2.35. The van der Waals surface area contributed by atoms with Gasteiger partial charge >= 0.3 is 0 Å². The molecule has 0 aliphatic rings. The van der Waals surface area contributed by atoms with Crippen molar-refractivity contribution in [2.75, 3.05) is 0 Å². The molecule has 0 unspecified atom stereocenters. The zero-order chi connectivity index (χ0) is 13.2. The van der Waals surface area contributed by atoms with Crippen LogP contribution >= 0.6 is 0 Å². The van der Waals surface area contributed by atoms with E-state index in [-0.39, 0.29) is 0 Å². The summed E-state index contributed by atoms with van der Waals surface area (Å²) in [4.78, 5) is 0. The van der Waals surface area contributed by atoms with E-state index >= 15 is 0 Å². The third-order valence-corrected chi connectivity index (χ3v) is 3.21. The average Bonchev–Trinajstić information content (AvgIpc) is 2.82. The molecule has 0 fully saturated rings. The Morgan fingerprint density at radius 2 is 1.68 bits per heavy atom. The van der Waals surface area contributed by atoms with E-state index in [0.29, 0.717) is 0 Å². The van der Waals surface area contributed by atoms with Crippen LogP contribution in [0.15, 0.2) is 60.8 Å². The standard InChI is InChI=1S/C17H16N2/c1-13-7-6-10-16(11-13)19-12-14(2)17(18-19)15-8-4-3-5-9-15/h3-12H,1-2H3. The van der Waals surface area contributed by atoms with Gasteiger partial charge in [0.2, 0.25) is 0 Å². The number of hydrogen-bond acceptors (Lipinski definition) is 1. The molecule has 0 aliphatic carbocycles. The number of aromatic nitrogens is 2. The van der Waals surface area contributed by atoms with Crippen LogP contribution in [0.4, 0.5) is 0 Å². The molecule has 0 spiro atoms. The second kappa shape index (κ2) is 4.73. The van der Waals surface area contributed by atoms with Gasteiger partial charge in [-0.2, -0.15) is 5.10 Å². The number of benzene rings is 2. The van der Waals surface area contributed by atoms with Crippen LogP contribution in [0.1, 0.15) is 11.1 Å². The lowest BCUT2D eigenvalue weighted by atomic mass is 10.1. The second-order valence-corrected chi connectivity index (χ2v) is 4.81. The van der Waals surface area contributed by atoms with Gasteiger partial charge in [-0.15, -0.1) is 0 Å². The van der Waals surface area contributed by atoms with Gasteiger partial charge in [-0.3, -0.25) is 0 Å². The van der Waals surface area contributed by atoms with E-state index < -0.39 is 0 Å². The van der Waals surface area contributed by atoms with Crippen LogP contribution in [0.2, 0.25) is 0 Å². The van der Waals surface area contributed by atoms with Crippen molar-refractivity contribution in [1.82, 2.24) is 9.78 Å². The van der Waals surface area contributed by atoms with E-state index in [1.165, 1.54) is 11.1 Å². The van der Waals surface area contributed by atoms with E-state index in [1.807, 2.05) is 22.9 Å². The lowest BCUT2D eigenvalue weighted by Gasteiger charge is -2.02. The molecule has 0 aliphatic heterocycles. The normalized spacial score (nSPS) is 10.6. The van der Waals surface area contributed by atoms with Gasteiger partial charge in [-0.1, -0.05) is 42.5 Å². The van der Waals surface area contributed by atoms with Crippen molar-refractivity contribution in [3.8, 4) is 16.9 Å². The second-order valence-electron chi connectivity index (χ2n) is 4.81. The van der Waals surface area contributed by atoms with Crippen LogP contribution in [0.25, 0.3) is 16.9 Å². The van der Waals surface area contributed by atoms with Crippen molar-refractivity contribution in [2.24, 2.45) is 0 Å². The monoisotopic (exact) mass is 248 g/mol. The maximum absolute atomic E-state index is 4.71. The zero-order valence-corrected chi connectivity index (χ0v) is 11.2. The average molecular weight is 248 g/mol. The molecule has 0 saturated heterocycles. The van der Waals surface area contributed by atoms with Crippen LogP contribution in [0.5, 0.6) is 0 Å². The topological polar surface area (TPSA) is 17.8 Å². The van der Waals surface area contributed by atoms with Crippen molar-refractivity contribution in [1.29, 1.82) is 0 Å². The summed E-state index contributed by atoms with van der Waals surface area (Å²) in [5, 5.41) is 4.71. The van der Waals surface area contributed by atoms with Gasteiger partial charge in [0, 0.05) is 11.8 Å². The highest BCUT2D eigenvalue weighted by Crippen LogP contribution is 2.22. The largest absolute Gasteiger partial charge is 0.240 e. The van der Waals surface area contributed by atoms with E-state index in [4.69, 9.17) is 5.10 Å². The Bertz CT molecular complexity index is 696. The molecule has 19 heavy (non-hydrogen) atoms. The molecule has 94 valence electrons. The molecular formula is C17H16N2. The van der Waals surface area contributed by atoms with Crippen molar-refractivity contribution in [3.63, 3.8) is 0 Å². The van der Waals surface area contributed by atoms with Crippen molar-refractivity contribution in [2.45, 2.75) is 13.8 Å². The molecule has 2 nitrogen and oxygen atoms in total. The van der Waals surface area contributed by atoms with Crippen molar-refractivity contribution >= 4 is 0 Å². The quantitative estimate of drug-likeness (QED) is 0.666. The highest BCUT2D eigenvalue weighted by molar-refractivity contribution is 5.62. The molecule has 1 aromatic heterocycles. The zero-order valence-electron chi connectivity index (χ0n) is 11.2. The third kappa shape index (κ3) is 2.29. The number of hydrogen-bond donors (Lipinski definition) is 0. The molecule has 0 amide bonds. The summed E-state index contributed by atoms with van der Waals surface area (Å²) in [5.74, 6) is 0. The molecule has 0 N–H and O–H groups in total. The first kappa shape index (κ1) is 11.7. The fourth-order valence-electron chi connectivity index (χ4n) is 2.24. The molecule has 3 aromatic rings. The van der Waals surface area contributed by atoms with Gasteiger partial charge < -0.3 is 0 Å². The smallest absolute Gasteiger partial charge is 0.0956 e. The number of aryl methyl sites for hydroxylation is 2. The van der Waals surface area contributed by atoms with E-state index in [9.17, 15) is 0 Å². The highest BCUT2D eigenvalue weighted by atomic mass is 15.3.